The topological polar surface area (TPSA) is 82.0 Å². The number of benzene rings is 1. The Morgan fingerprint density at radius 1 is 1.25 bits per heavy atom. The zero-order chi connectivity index (χ0) is 12.0. The summed E-state index contributed by atoms with van der Waals surface area (Å²) in [7, 11) is 0. The van der Waals surface area contributed by atoms with Gasteiger partial charge < -0.3 is 10.6 Å². The van der Waals surface area contributed by atoms with Crippen LogP contribution < -0.4 is 10.6 Å². The highest BCUT2D eigenvalue weighted by molar-refractivity contribution is 5.94. The van der Waals surface area contributed by atoms with Crippen LogP contribution in [0.15, 0.2) is 30.3 Å². The molecular weight excluding hydrogens is 206 g/mol. The summed E-state index contributed by atoms with van der Waals surface area (Å²) in [4.78, 5) is 22.3. The Morgan fingerprint density at radius 2 is 1.88 bits per heavy atom. The van der Waals surface area contributed by atoms with E-state index in [4.69, 9.17) is 5.26 Å². The summed E-state index contributed by atoms with van der Waals surface area (Å²) in [6, 6.07) is 10.2. The van der Waals surface area contributed by atoms with Crippen molar-refractivity contribution in [1.29, 1.82) is 5.26 Å². The molecule has 0 saturated heterocycles. The van der Waals surface area contributed by atoms with E-state index < -0.39 is 12.1 Å². The monoisotopic (exact) mass is 217 g/mol. The molecule has 0 aliphatic rings. The lowest BCUT2D eigenvalue weighted by Gasteiger charge is -2.11. The largest absolute Gasteiger partial charge is 0.324 e. The normalized spacial score (nSPS) is 11.0. The van der Waals surface area contributed by atoms with Gasteiger partial charge in [0, 0.05) is 12.5 Å². The van der Waals surface area contributed by atoms with Crippen molar-refractivity contribution < 1.29 is 9.59 Å². The van der Waals surface area contributed by atoms with E-state index in [1.165, 1.54) is 6.92 Å². The first-order chi connectivity index (χ1) is 7.63. The Morgan fingerprint density at radius 3 is 2.38 bits per heavy atom. The summed E-state index contributed by atoms with van der Waals surface area (Å²) in [5, 5.41) is 13.4. The number of carbonyl (C=O) groups is 2. The van der Waals surface area contributed by atoms with E-state index in [1.807, 2.05) is 0 Å². The van der Waals surface area contributed by atoms with E-state index in [0.29, 0.717) is 5.56 Å². The van der Waals surface area contributed by atoms with Gasteiger partial charge in [0.2, 0.25) is 5.91 Å². The third-order valence-electron chi connectivity index (χ3n) is 1.79. The van der Waals surface area contributed by atoms with Gasteiger partial charge in [0.1, 0.15) is 6.07 Å². The van der Waals surface area contributed by atoms with Gasteiger partial charge in [-0.25, -0.2) is 0 Å². The molecule has 1 aromatic rings. The standard InChI is InChI=1S/C11H11N3O2/c1-8(15)13-10(7-12)14-11(16)9-5-3-2-4-6-9/h2-6,10H,1H3,(H,13,15)(H,14,16). The second kappa shape index (κ2) is 5.51. The predicted octanol–water partition coefficient (Wildman–Crippen LogP) is 0.402. The lowest BCUT2D eigenvalue weighted by Crippen LogP contribution is -2.46. The van der Waals surface area contributed by atoms with Crippen LogP contribution >= 0.6 is 0 Å². The molecule has 0 aliphatic heterocycles. The van der Waals surface area contributed by atoms with Crippen molar-refractivity contribution in [2.24, 2.45) is 0 Å². The van der Waals surface area contributed by atoms with Crippen molar-refractivity contribution in [3.63, 3.8) is 0 Å². The van der Waals surface area contributed by atoms with Crippen LogP contribution in [0.5, 0.6) is 0 Å². The molecule has 1 rings (SSSR count). The minimum Gasteiger partial charge on any atom is -0.324 e. The fraction of sp³-hybridized carbons (Fsp3) is 0.182. The van der Waals surface area contributed by atoms with Crippen molar-refractivity contribution >= 4 is 11.8 Å². The summed E-state index contributed by atoms with van der Waals surface area (Å²) in [6.45, 7) is 1.28. The Hall–Kier alpha value is -2.35. The first kappa shape index (κ1) is 11.7. The molecule has 1 aromatic carbocycles. The van der Waals surface area contributed by atoms with E-state index in [1.54, 1.807) is 36.4 Å². The lowest BCUT2D eigenvalue weighted by atomic mass is 10.2. The lowest BCUT2D eigenvalue weighted by molar-refractivity contribution is -0.119. The van der Waals surface area contributed by atoms with Gasteiger partial charge in [0.15, 0.2) is 6.17 Å². The first-order valence-electron chi connectivity index (χ1n) is 4.66. The number of nitriles is 1. The zero-order valence-corrected chi connectivity index (χ0v) is 8.73. The van der Waals surface area contributed by atoms with E-state index >= 15 is 0 Å². The average molecular weight is 217 g/mol. The molecule has 2 N–H and O–H groups in total. The molecule has 0 saturated carbocycles. The Bertz CT molecular complexity index is 423. The highest BCUT2D eigenvalue weighted by Crippen LogP contribution is 1.97. The van der Waals surface area contributed by atoms with Crippen LogP contribution in [-0.4, -0.2) is 18.0 Å². The maximum Gasteiger partial charge on any atom is 0.253 e. The fourth-order valence-electron chi connectivity index (χ4n) is 1.11. The average Bonchev–Trinajstić information content (AvgIpc) is 2.28. The van der Waals surface area contributed by atoms with Crippen LogP contribution in [0.2, 0.25) is 0 Å². The smallest absolute Gasteiger partial charge is 0.253 e. The molecule has 0 spiro atoms. The van der Waals surface area contributed by atoms with Gasteiger partial charge in [-0.2, -0.15) is 5.26 Å². The highest BCUT2D eigenvalue weighted by atomic mass is 16.2. The summed E-state index contributed by atoms with van der Waals surface area (Å²) in [5.74, 6) is -0.777. The zero-order valence-electron chi connectivity index (χ0n) is 8.73. The van der Waals surface area contributed by atoms with Crippen molar-refractivity contribution in [2.45, 2.75) is 13.1 Å². The van der Waals surface area contributed by atoms with Crippen LogP contribution in [0.1, 0.15) is 17.3 Å². The van der Waals surface area contributed by atoms with Crippen LogP contribution in [0.3, 0.4) is 0 Å². The first-order valence-corrected chi connectivity index (χ1v) is 4.66. The predicted molar refractivity (Wildman–Crippen MR) is 57.1 cm³/mol. The van der Waals surface area contributed by atoms with Gasteiger partial charge in [-0.1, -0.05) is 18.2 Å². The van der Waals surface area contributed by atoms with Crippen molar-refractivity contribution in [2.75, 3.05) is 0 Å². The fourth-order valence-corrected chi connectivity index (χ4v) is 1.11. The molecule has 1 atom stereocenters. The van der Waals surface area contributed by atoms with E-state index in [2.05, 4.69) is 10.6 Å². The van der Waals surface area contributed by atoms with Gasteiger partial charge >= 0.3 is 0 Å². The van der Waals surface area contributed by atoms with Gasteiger partial charge in [0.05, 0.1) is 0 Å². The van der Waals surface area contributed by atoms with Crippen LogP contribution in [-0.2, 0) is 4.79 Å². The second-order valence-corrected chi connectivity index (χ2v) is 3.10. The highest BCUT2D eigenvalue weighted by Gasteiger charge is 2.12. The molecule has 0 fully saturated rings. The third kappa shape index (κ3) is 3.42. The second-order valence-electron chi connectivity index (χ2n) is 3.10. The van der Waals surface area contributed by atoms with Gasteiger partial charge in [0.25, 0.3) is 5.91 Å². The van der Waals surface area contributed by atoms with E-state index in [-0.39, 0.29) is 5.91 Å². The van der Waals surface area contributed by atoms with Crippen LogP contribution in [0.25, 0.3) is 0 Å². The number of nitrogens with one attached hydrogen (secondary N) is 2. The third-order valence-corrected chi connectivity index (χ3v) is 1.79. The van der Waals surface area contributed by atoms with Gasteiger partial charge in [-0.15, -0.1) is 0 Å². The minimum atomic E-state index is -1.01. The SMILES string of the molecule is CC(=O)NC(C#N)NC(=O)c1ccccc1. The Kier molecular flexibility index (Phi) is 4.04. The molecule has 0 aliphatic carbocycles. The van der Waals surface area contributed by atoms with Crippen molar-refractivity contribution in [3.8, 4) is 6.07 Å². The van der Waals surface area contributed by atoms with Gasteiger partial charge in [-0.3, -0.25) is 9.59 Å². The van der Waals surface area contributed by atoms with Crippen LogP contribution in [0, 0.1) is 11.3 Å². The maximum absolute atomic E-state index is 11.6. The number of carbonyl (C=O) groups excluding carboxylic acids is 2. The van der Waals surface area contributed by atoms with Crippen molar-refractivity contribution in [3.05, 3.63) is 35.9 Å². The molecule has 5 nitrogen and oxygen atoms in total. The Balaban J connectivity index is 2.64. The molecule has 0 radical (unpaired) electrons. The van der Waals surface area contributed by atoms with Gasteiger partial charge in [-0.05, 0) is 12.1 Å². The number of hydrogen-bond donors (Lipinski definition) is 2. The molecule has 0 aromatic heterocycles. The molecule has 0 bridgehead atoms. The van der Waals surface area contributed by atoms with E-state index in [0.717, 1.165) is 0 Å². The quantitative estimate of drug-likeness (QED) is 0.719. The number of rotatable bonds is 3. The summed E-state index contributed by atoms with van der Waals surface area (Å²) in [5.41, 5.74) is 0.438. The number of nitrogens with zero attached hydrogens (tertiary/aromatic N) is 1. The van der Waals surface area contributed by atoms with Crippen molar-refractivity contribution in [1.82, 2.24) is 10.6 Å². The molecule has 1 unspecified atom stereocenters. The Labute approximate surface area is 93.1 Å². The van der Waals surface area contributed by atoms with Crippen LogP contribution in [0.4, 0.5) is 0 Å². The van der Waals surface area contributed by atoms with E-state index in [9.17, 15) is 9.59 Å². The molecular formula is C11H11N3O2. The summed E-state index contributed by atoms with van der Waals surface area (Å²) < 4.78 is 0. The molecule has 5 heteroatoms. The summed E-state index contributed by atoms with van der Waals surface area (Å²) in [6.07, 6.45) is -1.01. The maximum atomic E-state index is 11.6. The number of amides is 2. The summed E-state index contributed by atoms with van der Waals surface area (Å²) >= 11 is 0. The molecule has 0 heterocycles. The number of hydrogen-bond acceptors (Lipinski definition) is 3. The molecule has 82 valence electrons. The molecule has 16 heavy (non-hydrogen) atoms. The minimum absolute atomic E-state index is 0.375. The molecule has 2 amide bonds.